The van der Waals surface area contributed by atoms with Crippen LogP contribution in [0.5, 0.6) is 0 Å². The van der Waals surface area contributed by atoms with Gasteiger partial charge < -0.3 is 9.13 Å². The van der Waals surface area contributed by atoms with Gasteiger partial charge in [0, 0.05) is 22.1 Å². The molecule has 0 saturated carbocycles. The molecule has 0 aliphatic heterocycles. The number of nitriles is 2. The summed E-state index contributed by atoms with van der Waals surface area (Å²) in [7, 11) is 0. The van der Waals surface area contributed by atoms with Crippen LogP contribution in [0.2, 0.25) is 0 Å². The van der Waals surface area contributed by atoms with Gasteiger partial charge in [-0.2, -0.15) is 10.5 Å². The van der Waals surface area contributed by atoms with Crippen LogP contribution in [-0.4, -0.2) is 9.13 Å². The molecule has 2 heterocycles. The van der Waals surface area contributed by atoms with Gasteiger partial charge in [0.25, 0.3) is 0 Å². The summed E-state index contributed by atoms with van der Waals surface area (Å²) in [5.41, 5.74) is 12.3. The van der Waals surface area contributed by atoms with E-state index >= 15 is 0 Å². The molecular weight excluding hydrogens is 925 g/mol. The Morgan fingerprint density at radius 1 is 0.303 bits per heavy atom. The van der Waals surface area contributed by atoms with Gasteiger partial charge in [0.2, 0.25) is 0 Å². The molecule has 0 fully saturated rings. The fourth-order valence-corrected chi connectivity index (χ4v) is 12.4. The van der Waals surface area contributed by atoms with Crippen molar-refractivity contribution >= 4 is 120 Å². The molecule has 0 N–H and O–H groups in total. The Bertz CT molecular complexity index is 4820. The first-order valence-corrected chi connectivity index (χ1v) is 25.1. The first-order valence-electron chi connectivity index (χ1n) is 25.1. The number of aromatic nitrogens is 2. The summed E-state index contributed by atoms with van der Waals surface area (Å²) in [6.07, 6.45) is 0. The zero-order chi connectivity index (χ0) is 50.8. The maximum absolute atomic E-state index is 10.1. The lowest BCUT2D eigenvalue weighted by atomic mass is 9.82. The van der Waals surface area contributed by atoms with Gasteiger partial charge in [-0.05, 0) is 195 Å². The lowest BCUT2D eigenvalue weighted by Crippen LogP contribution is -1.99. The Balaban J connectivity index is 1.15. The van der Waals surface area contributed by atoms with Crippen molar-refractivity contribution in [2.24, 2.45) is 0 Å². The molecule has 76 heavy (non-hydrogen) atoms. The molecule has 0 unspecified atom stereocenters. The third-order valence-corrected chi connectivity index (χ3v) is 15.7. The smallest absolute Gasteiger partial charge is 0.188 e. The van der Waals surface area contributed by atoms with Crippen LogP contribution in [0.3, 0.4) is 0 Å². The molecule has 2 aromatic heterocycles. The highest BCUT2D eigenvalue weighted by Gasteiger charge is 2.24. The number of benzene rings is 13. The molecule has 0 aliphatic carbocycles. The first-order chi connectivity index (χ1) is 37.5. The highest BCUT2D eigenvalue weighted by molar-refractivity contribution is 6.29. The van der Waals surface area contributed by atoms with Crippen LogP contribution in [0.15, 0.2) is 218 Å². The zero-order valence-electron chi connectivity index (χ0n) is 40.5. The topological polar surface area (TPSA) is 66.2 Å². The summed E-state index contributed by atoms with van der Waals surface area (Å²) >= 11 is 0. The number of hydrogen-bond donors (Lipinski definition) is 0. The van der Waals surface area contributed by atoms with Gasteiger partial charge in [0.05, 0.1) is 58.5 Å². The Labute approximate surface area is 435 Å². The molecule has 0 radical (unpaired) electrons. The van der Waals surface area contributed by atoms with Crippen molar-refractivity contribution in [3.63, 3.8) is 0 Å². The van der Waals surface area contributed by atoms with Crippen molar-refractivity contribution in [3.8, 4) is 45.8 Å². The lowest BCUT2D eigenvalue weighted by molar-refractivity contribution is 1.18. The normalized spacial score (nSPS) is 11.6. The minimum Gasteiger partial charge on any atom is -0.309 e. The Morgan fingerprint density at radius 3 is 1.08 bits per heavy atom. The SMILES string of the molecule is [C-]#[N+]c1ccc2c(c1)c1cc(C#N)ccc1n2-c1ccc2c(-c3cc4ccccc4c4ccccc34)c3cc(-n4c5ccc(C#N)cc5c5cc([N+]#[C-])ccc54)ccc3c(-c3cc4ccccc4c4ccccc34)c2c1. The average molecular weight is 961 g/mol. The highest BCUT2D eigenvalue weighted by Crippen LogP contribution is 2.50. The second-order valence-corrected chi connectivity index (χ2v) is 19.6. The molecule has 15 aromatic rings. The molecule has 0 bridgehead atoms. The van der Waals surface area contributed by atoms with Crippen molar-refractivity contribution in [3.05, 3.63) is 252 Å². The van der Waals surface area contributed by atoms with Crippen LogP contribution in [0.25, 0.3) is 152 Å². The van der Waals surface area contributed by atoms with Gasteiger partial charge >= 0.3 is 0 Å². The second kappa shape index (κ2) is 16.2. The van der Waals surface area contributed by atoms with Gasteiger partial charge in [-0.1, -0.05) is 121 Å². The summed E-state index contributed by atoms with van der Waals surface area (Å²) in [6, 6.07) is 81.3. The third-order valence-electron chi connectivity index (χ3n) is 15.7. The Kier molecular flexibility index (Phi) is 9.12. The summed E-state index contributed by atoms with van der Waals surface area (Å²) in [4.78, 5) is 7.62. The highest BCUT2D eigenvalue weighted by atomic mass is 15.0. The van der Waals surface area contributed by atoms with Gasteiger partial charge in [-0.3, -0.25) is 0 Å². The fraction of sp³-hybridized carbons (Fsp3) is 0. The molecular formula is C70H36N6. The largest absolute Gasteiger partial charge is 0.309 e. The summed E-state index contributed by atoms with van der Waals surface area (Å²) in [5, 5.41) is 37.4. The monoisotopic (exact) mass is 960 g/mol. The summed E-state index contributed by atoms with van der Waals surface area (Å²) < 4.78 is 4.55. The molecule has 0 atom stereocenters. The van der Waals surface area contributed by atoms with E-state index in [-0.39, 0.29) is 0 Å². The third kappa shape index (κ3) is 6.11. The molecule has 0 saturated heterocycles. The number of hydrogen-bond acceptors (Lipinski definition) is 2. The van der Waals surface area contributed by atoms with E-state index in [4.69, 9.17) is 13.1 Å². The Morgan fingerprint density at radius 2 is 0.671 bits per heavy atom. The second-order valence-electron chi connectivity index (χ2n) is 19.6. The van der Waals surface area contributed by atoms with Gasteiger partial charge in [-0.15, -0.1) is 0 Å². The van der Waals surface area contributed by atoms with Crippen LogP contribution in [0.4, 0.5) is 11.4 Å². The molecule has 15 rings (SSSR count). The number of fused-ring (bicyclic) bond motifs is 14. The van der Waals surface area contributed by atoms with Crippen molar-refractivity contribution in [2.45, 2.75) is 0 Å². The van der Waals surface area contributed by atoms with E-state index in [0.29, 0.717) is 22.5 Å². The van der Waals surface area contributed by atoms with E-state index < -0.39 is 0 Å². The van der Waals surface area contributed by atoms with Crippen molar-refractivity contribution in [1.29, 1.82) is 10.5 Å². The van der Waals surface area contributed by atoms with Crippen LogP contribution >= 0.6 is 0 Å². The predicted octanol–water partition coefficient (Wildman–Crippen LogP) is 19.0. The fourth-order valence-electron chi connectivity index (χ4n) is 12.4. The summed E-state index contributed by atoms with van der Waals surface area (Å²) in [6.45, 7) is 15.9. The average Bonchev–Trinajstić information content (AvgIpc) is 3.99. The van der Waals surface area contributed by atoms with E-state index in [2.05, 4.69) is 177 Å². The minimum atomic E-state index is 0.539. The molecule has 0 spiro atoms. The molecule has 346 valence electrons. The minimum absolute atomic E-state index is 0.539. The lowest BCUT2D eigenvalue weighted by Gasteiger charge is -2.23. The standard InChI is InChI=1S/C70H36N6/c1-73-45-21-29-67-59(35-45)57-31-41(39-71)19-27-65(57)75(67)47-23-25-55-63(37-47)69(61-33-43-11-3-5-13-49(43)51-15-7-9-17-53(51)61)56-26-24-48(76-66-28-20-42(40-72)32-58(66)60-36-46(74-2)22-30-68(60)76)38-64(56)70(55)62-34-44-12-4-6-14-50(44)52-16-8-10-18-54(52)62/h3-38H. The van der Waals surface area contributed by atoms with E-state index in [1.165, 1.54) is 21.5 Å². The molecule has 13 aromatic carbocycles. The van der Waals surface area contributed by atoms with Crippen LogP contribution in [-0.2, 0) is 0 Å². The maximum atomic E-state index is 10.1. The van der Waals surface area contributed by atoms with Gasteiger partial charge in [-0.25, -0.2) is 9.69 Å². The van der Waals surface area contributed by atoms with Crippen molar-refractivity contribution in [2.75, 3.05) is 0 Å². The number of nitrogens with zero attached hydrogens (tertiary/aromatic N) is 6. The molecule has 0 amide bonds. The van der Waals surface area contributed by atoms with E-state index in [1.807, 2.05) is 72.8 Å². The van der Waals surface area contributed by atoms with Gasteiger partial charge in [0.1, 0.15) is 0 Å². The first kappa shape index (κ1) is 42.6. The molecule has 6 nitrogen and oxygen atoms in total. The van der Waals surface area contributed by atoms with Gasteiger partial charge in [0.15, 0.2) is 11.4 Å². The van der Waals surface area contributed by atoms with E-state index in [1.54, 1.807) is 0 Å². The van der Waals surface area contributed by atoms with Crippen LogP contribution < -0.4 is 0 Å². The Hall–Kier alpha value is -11.0. The number of rotatable bonds is 4. The summed E-state index contributed by atoms with van der Waals surface area (Å²) in [5.74, 6) is 0. The zero-order valence-corrected chi connectivity index (χ0v) is 40.5. The van der Waals surface area contributed by atoms with Crippen LogP contribution in [0, 0.1) is 35.8 Å². The van der Waals surface area contributed by atoms with Crippen molar-refractivity contribution < 1.29 is 0 Å². The maximum Gasteiger partial charge on any atom is 0.188 e. The van der Waals surface area contributed by atoms with Crippen LogP contribution in [0.1, 0.15) is 11.1 Å². The van der Waals surface area contributed by atoms with Crippen molar-refractivity contribution in [1.82, 2.24) is 9.13 Å². The quantitative estimate of drug-likeness (QED) is 0.100. The molecule has 6 heteroatoms. The predicted molar refractivity (Wildman–Crippen MR) is 313 cm³/mol. The van der Waals surface area contributed by atoms with E-state index in [0.717, 1.165) is 120 Å². The van der Waals surface area contributed by atoms with E-state index in [9.17, 15) is 10.5 Å². The molecule has 0 aliphatic rings.